The van der Waals surface area contributed by atoms with Gasteiger partial charge in [0.15, 0.2) is 0 Å². The summed E-state index contributed by atoms with van der Waals surface area (Å²) in [6.45, 7) is 5.75. The smallest absolute Gasteiger partial charge is 0.266 e. The molecule has 1 aromatic carbocycles. The number of nitrogens with zero attached hydrogens (tertiary/aromatic N) is 3. The minimum absolute atomic E-state index is 0.445. The fraction of sp³-hybridized carbons (Fsp3) is 0.333. The normalized spacial score (nSPS) is 10.6. The summed E-state index contributed by atoms with van der Waals surface area (Å²) in [5, 5.41) is 4.47. The molecule has 2 rings (SSSR count). The van der Waals surface area contributed by atoms with Gasteiger partial charge in [0.25, 0.3) is 11.8 Å². The van der Waals surface area contributed by atoms with Gasteiger partial charge in [0.1, 0.15) is 0 Å². The van der Waals surface area contributed by atoms with Crippen LogP contribution in [0.15, 0.2) is 22.7 Å². The summed E-state index contributed by atoms with van der Waals surface area (Å²) >= 11 is 5.87. The van der Waals surface area contributed by atoms with Gasteiger partial charge in [-0.25, -0.2) is 0 Å². The van der Waals surface area contributed by atoms with Gasteiger partial charge in [-0.05, 0) is 37.2 Å². The Labute approximate surface area is 111 Å². The van der Waals surface area contributed by atoms with Crippen molar-refractivity contribution in [2.45, 2.75) is 13.8 Å². The van der Waals surface area contributed by atoms with E-state index in [-0.39, 0.29) is 0 Å². The van der Waals surface area contributed by atoms with E-state index in [0.29, 0.717) is 22.5 Å². The zero-order valence-electron chi connectivity index (χ0n) is 10.4. The van der Waals surface area contributed by atoms with Crippen molar-refractivity contribution in [1.82, 2.24) is 10.1 Å². The molecule has 0 atom stereocenters. The molecule has 0 unspecified atom stereocenters. The Morgan fingerprint density at radius 1 is 1.33 bits per heavy atom. The van der Waals surface area contributed by atoms with Gasteiger partial charge in [-0.2, -0.15) is 4.98 Å². The fourth-order valence-corrected chi connectivity index (χ4v) is 1.76. The van der Waals surface area contributed by atoms with Crippen LogP contribution in [0.5, 0.6) is 0 Å². The molecule has 18 heavy (non-hydrogen) atoms. The zero-order chi connectivity index (χ0) is 13.1. The van der Waals surface area contributed by atoms with Crippen LogP contribution in [0.1, 0.15) is 13.8 Å². The highest BCUT2D eigenvalue weighted by molar-refractivity contribution is 6.33. The Kier molecular flexibility index (Phi) is 3.72. The van der Waals surface area contributed by atoms with Gasteiger partial charge in [-0.1, -0.05) is 11.6 Å². The number of rotatable bonds is 4. The molecule has 5 nitrogen and oxygen atoms in total. The maximum absolute atomic E-state index is 5.87. The second-order valence-corrected chi connectivity index (χ2v) is 4.22. The van der Waals surface area contributed by atoms with Crippen molar-refractivity contribution in [3.05, 3.63) is 23.2 Å². The van der Waals surface area contributed by atoms with E-state index >= 15 is 0 Å². The quantitative estimate of drug-likeness (QED) is 0.862. The van der Waals surface area contributed by atoms with E-state index in [2.05, 4.69) is 10.1 Å². The first-order chi connectivity index (χ1) is 8.65. The van der Waals surface area contributed by atoms with Crippen molar-refractivity contribution in [3.8, 4) is 11.5 Å². The number of aromatic nitrogens is 2. The molecule has 0 saturated heterocycles. The molecule has 0 aliphatic heterocycles. The maximum atomic E-state index is 5.87. The molecule has 6 heteroatoms. The maximum Gasteiger partial charge on any atom is 0.266 e. The van der Waals surface area contributed by atoms with Crippen molar-refractivity contribution in [2.24, 2.45) is 0 Å². The molecule has 0 bridgehead atoms. The lowest BCUT2D eigenvalue weighted by Crippen LogP contribution is -2.22. The van der Waals surface area contributed by atoms with Gasteiger partial charge in [0.2, 0.25) is 0 Å². The molecular formula is C12H15ClN4O. The highest BCUT2D eigenvalue weighted by Gasteiger charge is 2.13. The number of hydrogen-bond donors (Lipinski definition) is 1. The first kappa shape index (κ1) is 12.7. The molecule has 0 aliphatic carbocycles. The van der Waals surface area contributed by atoms with Crippen LogP contribution in [0.3, 0.4) is 0 Å². The lowest BCUT2D eigenvalue weighted by atomic mass is 10.2. The third-order valence-electron chi connectivity index (χ3n) is 2.70. The molecule has 0 saturated carbocycles. The molecular weight excluding hydrogens is 252 g/mol. The molecule has 1 heterocycles. The van der Waals surface area contributed by atoms with E-state index in [0.717, 1.165) is 18.7 Å². The second kappa shape index (κ2) is 5.27. The van der Waals surface area contributed by atoms with Crippen molar-refractivity contribution in [1.29, 1.82) is 0 Å². The van der Waals surface area contributed by atoms with E-state index in [1.54, 1.807) is 18.2 Å². The molecule has 1 aromatic heterocycles. The van der Waals surface area contributed by atoms with Crippen molar-refractivity contribution in [2.75, 3.05) is 23.7 Å². The number of hydrogen-bond acceptors (Lipinski definition) is 5. The van der Waals surface area contributed by atoms with Crippen LogP contribution in [-0.2, 0) is 0 Å². The van der Waals surface area contributed by atoms with Gasteiger partial charge in [-0.3, -0.25) is 0 Å². The van der Waals surface area contributed by atoms with Crippen LogP contribution in [0.4, 0.5) is 11.6 Å². The summed E-state index contributed by atoms with van der Waals surface area (Å²) in [6.07, 6.45) is 0. The van der Waals surface area contributed by atoms with Crippen LogP contribution in [0.25, 0.3) is 11.5 Å². The van der Waals surface area contributed by atoms with Crippen LogP contribution in [0.2, 0.25) is 5.02 Å². The van der Waals surface area contributed by atoms with Crippen LogP contribution in [-0.4, -0.2) is 23.2 Å². The third kappa shape index (κ3) is 2.41. The number of nitrogens with two attached hydrogens (primary N) is 1. The number of benzene rings is 1. The minimum Gasteiger partial charge on any atom is -0.398 e. The first-order valence-corrected chi connectivity index (χ1v) is 6.17. The number of nitrogen functional groups attached to an aromatic ring is 1. The van der Waals surface area contributed by atoms with E-state index < -0.39 is 0 Å². The third-order valence-corrected chi connectivity index (χ3v) is 3.05. The van der Waals surface area contributed by atoms with E-state index in [1.165, 1.54) is 0 Å². The summed E-state index contributed by atoms with van der Waals surface area (Å²) < 4.78 is 5.23. The summed E-state index contributed by atoms with van der Waals surface area (Å²) in [6, 6.07) is 5.24. The molecule has 0 radical (unpaired) electrons. The molecule has 2 N–H and O–H groups in total. The predicted molar refractivity (Wildman–Crippen MR) is 72.7 cm³/mol. The Morgan fingerprint density at radius 2 is 2.06 bits per heavy atom. The Hall–Kier alpha value is -1.75. The Bertz CT molecular complexity index is 537. The molecule has 0 spiro atoms. The van der Waals surface area contributed by atoms with Crippen molar-refractivity contribution in [3.63, 3.8) is 0 Å². The highest BCUT2D eigenvalue weighted by atomic mass is 35.5. The topological polar surface area (TPSA) is 68.2 Å². The first-order valence-electron chi connectivity index (χ1n) is 5.79. The van der Waals surface area contributed by atoms with Crippen LogP contribution in [0, 0.1) is 0 Å². The van der Waals surface area contributed by atoms with Gasteiger partial charge in [-0.15, -0.1) is 0 Å². The lowest BCUT2D eigenvalue weighted by Gasteiger charge is -2.14. The SMILES string of the molecule is CCN(CC)c1noc(-c2ccc(Cl)c(N)c2)n1. The Balaban J connectivity index is 2.31. The van der Waals surface area contributed by atoms with E-state index in [9.17, 15) is 0 Å². The van der Waals surface area contributed by atoms with Gasteiger partial charge >= 0.3 is 0 Å². The minimum atomic E-state index is 0.445. The number of anilines is 2. The van der Waals surface area contributed by atoms with Crippen LogP contribution >= 0.6 is 11.6 Å². The standard InChI is InChI=1S/C12H15ClN4O/c1-3-17(4-2)12-15-11(18-16-12)8-5-6-9(13)10(14)7-8/h5-7H,3-4,14H2,1-2H3. The highest BCUT2D eigenvalue weighted by Crippen LogP contribution is 2.26. The van der Waals surface area contributed by atoms with E-state index in [1.807, 2.05) is 18.7 Å². The summed E-state index contributed by atoms with van der Waals surface area (Å²) in [5.41, 5.74) is 7.01. The van der Waals surface area contributed by atoms with Gasteiger partial charge in [0, 0.05) is 18.7 Å². The summed E-state index contributed by atoms with van der Waals surface area (Å²) in [5.74, 6) is 1.03. The molecule has 0 amide bonds. The van der Waals surface area contributed by atoms with Crippen molar-refractivity contribution >= 4 is 23.2 Å². The average molecular weight is 267 g/mol. The fourth-order valence-electron chi connectivity index (χ4n) is 1.64. The zero-order valence-corrected chi connectivity index (χ0v) is 11.1. The van der Waals surface area contributed by atoms with E-state index in [4.69, 9.17) is 21.9 Å². The molecule has 0 aliphatic rings. The largest absolute Gasteiger partial charge is 0.398 e. The monoisotopic (exact) mass is 266 g/mol. The van der Waals surface area contributed by atoms with Gasteiger partial charge < -0.3 is 15.2 Å². The summed E-state index contributed by atoms with van der Waals surface area (Å²) in [4.78, 5) is 6.35. The van der Waals surface area contributed by atoms with Crippen LogP contribution < -0.4 is 10.6 Å². The lowest BCUT2D eigenvalue weighted by molar-refractivity contribution is 0.429. The predicted octanol–water partition coefficient (Wildman–Crippen LogP) is 2.82. The molecule has 0 fully saturated rings. The average Bonchev–Trinajstić information content (AvgIpc) is 2.84. The molecule has 96 valence electrons. The number of halogens is 1. The Morgan fingerprint density at radius 3 is 2.67 bits per heavy atom. The van der Waals surface area contributed by atoms with Crippen molar-refractivity contribution < 1.29 is 4.52 Å². The summed E-state index contributed by atoms with van der Waals surface area (Å²) in [7, 11) is 0. The molecule has 2 aromatic rings. The second-order valence-electron chi connectivity index (χ2n) is 3.81. The van der Waals surface area contributed by atoms with Gasteiger partial charge in [0.05, 0.1) is 10.7 Å².